The predicted molar refractivity (Wildman–Crippen MR) is 98.9 cm³/mol. The van der Waals surface area contributed by atoms with Gasteiger partial charge in [-0.1, -0.05) is 18.2 Å². The summed E-state index contributed by atoms with van der Waals surface area (Å²) in [5, 5.41) is 3.50. The lowest BCUT2D eigenvalue weighted by Crippen LogP contribution is -2.31. The summed E-state index contributed by atoms with van der Waals surface area (Å²) >= 11 is 0. The van der Waals surface area contributed by atoms with Gasteiger partial charge in [0.15, 0.2) is 6.61 Å². The summed E-state index contributed by atoms with van der Waals surface area (Å²) < 4.78 is 48.5. The Kier molecular flexibility index (Phi) is 5.49. The summed E-state index contributed by atoms with van der Waals surface area (Å²) in [7, 11) is 0. The Morgan fingerprint density at radius 1 is 1.17 bits per heavy atom. The number of benzene rings is 2. The van der Waals surface area contributed by atoms with Gasteiger partial charge in [-0.3, -0.25) is 4.79 Å². The van der Waals surface area contributed by atoms with Crippen LogP contribution in [0.5, 0.6) is 0 Å². The molecular weight excluding hydrogens is 389 g/mol. The number of halogens is 3. The zero-order valence-corrected chi connectivity index (χ0v) is 15.2. The molecule has 3 rings (SSSR count). The van der Waals surface area contributed by atoms with Gasteiger partial charge in [0.1, 0.15) is 11.3 Å². The molecule has 0 saturated carbocycles. The van der Waals surface area contributed by atoms with Gasteiger partial charge >= 0.3 is 12.1 Å². The molecule has 6 nitrogen and oxygen atoms in total. The number of alkyl halides is 3. The molecule has 3 N–H and O–H groups in total. The number of nitrogens with two attached hydrogens (primary N) is 1. The van der Waals surface area contributed by atoms with Crippen LogP contribution >= 0.6 is 0 Å². The molecule has 29 heavy (non-hydrogen) atoms. The van der Waals surface area contributed by atoms with Crippen LogP contribution in [0.3, 0.4) is 0 Å². The van der Waals surface area contributed by atoms with Crippen molar-refractivity contribution in [3.63, 3.8) is 0 Å². The highest BCUT2D eigenvalue weighted by Gasteiger charge is 2.31. The first kappa shape index (κ1) is 20.2. The average Bonchev–Trinajstić information content (AvgIpc) is 3.09. The van der Waals surface area contributed by atoms with Crippen molar-refractivity contribution < 1.29 is 31.9 Å². The molecule has 1 heterocycles. The first-order valence-corrected chi connectivity index (χ1v) is 8.57. The third kappa shape index (κ3) is 4.68. The van der Waals surface area contributed by atoms with Crippen molar-refractivity contribution >= 4 is 28.5 Å². The Bertz CT molecular complexity index is 1030. The van der Waals surface area contributed by atoms with E-state index in [1.807, 2.05) is 18.2 Å². The molecular formula is C20H17F3N2O4. The van der Waals surface area contributed by atoms with E-state index in [-0.39, 0.29) is 11.3 Å². The Balaban J connectivity index is 1.58. The monoisotopic (exact) mass is 406 g/mol. The molecule has 9 heteroatoms. The van der Waals surface area contributed by atoms with Gasteiger partial charge < -0.3 is 20.2 Å². The van der Waals surface area contributed by atoms with Crippen LogP contribution in [0.2, 0.25) is 0 Å². The van der Waals surface area contributed by atoms with E-state index >= 15 is 0 Å². The normalized spacial score (nSPS) is 12.6. The number of hydrogen-bond acceptors (Lipinski definition) is 5. The zero-order valence-electron chi connectivity index (χ0n) is 15.2. The van der Waals surface area contributed by atoms with Gasteiger partial charge in [-0.2, -0.15) is 13.2 Å². The number of fused-ring (bicyclic) bond motifs is 1. The highest BCUT2D eigenvalue weighted by molar-refractivity contribution is 5.96. The maximum Gasteiger partial charge on any atom is 0.416 e. The minimum Gasteiger partial charge on any atom is -0.459 e. The quantitative estimate of drug-likeness (QED) is 0.492. The van der Waals surface area contributed by atoms with Crippen molar-refractivity contribution in [1.82, 2.24) is 5.32 Å². The lowest BCUT2D eigenvalue weighted by atomic mass is 10.1. The standard InChI is InChI=1S/C20H17F3N2O4/c1-11(17-8-12-4-2-3-5-16(12)29-17)25-18(26)10-28-19(27)14-7-6-13(9-15(14)24)20(21,22)23/h2-9,11H,10,24H2,1H3,(H,25,26)/t11-/m1/s1. The van der Waals surface area contributed by atoms with E-state index < -0.39 is 36.3 Å². The van der Waals surface area contributed by atoms with Crippen LogP contribution in [-0.2, 0) is 15.7 Å². The van der Waals surface area contributed by atoms with E-state index in [0.29, 0.717) is 17.4 Å². The predicted octanol–water partition coefficient (Wildman–Crippen LogP) is 4.07. The molecule has 3 aromatic rings. The van der Waals surface area contributed by atoms with Gasteiger partial charge in [-0.05, 0) is 37.3 Å². The Morgan fingerprint density at radius 2 is 1.90 bits per heavy atom. The number of carbonyl (C=O) groups excluding carboxylic acids is 2. The number of furan rings is 1. The number of para-hydroxylation sites is 1. The molecule has 0 unspecified atom stereocenters. The summed E-state index contributed by atoms with van der Waals surface area (Å²) in [5.74, 6) is -1.07. The highest BCUT2D eigenvalue weighted by atomic mass is 19.4. The number of anilines is 1. The molecule has 0 radical (unpaired) electrons. The molecule has 152 valence electrons. The Hall–Kier alpha value is -3.49. The van der Waals surface area contributed by atoms with E-state index in [1.54, 1.807) is 19.1 Å². The minimum atomic E-state index is -4.58. The van der Waals surface area contributed by atoms with Crippen LogP contribution < -0.4 is 11.1 Å². The molecule has 0 fully saturated rings. The van der Waals surface area contributed by atoms with Crippen molar-refractivity contribution in [2.45, 2.75) is 19.1 Å². The van der Waals surface area contributed by atoms with Crippen molar-refractivity contribution in [2.75, 3.05) is 12.3 Å². The number of nitrogens with one attached hydrogen (secondary N) is 1. The number of nitrogen functional groups attached to an aromatic ring is 1. The summed E-state index contributed by atoms with van der Waals surface area (Å²) in [6.07, 6.45) is -4.58. The molecule has 1 atom stereocenters. The van der Waals surface area contributed by atoms with Crippen LogP contribution in [0.1, 0.15) is 34.6 Å². The van der Waals surface area contributed by atoms with Crippen molar-refractivity contribution in [3.8, 4) is 0 Å². The smallest absolute Gasteiger partial charge is 0.416 e. The summed E-state index contributed by atoms with van der Waals surface area (Å²) in [4.78, 5) is 24.1. The van der Waals surface area contributed by atoms with Gasteiger partial charge in [-0.15, -0.1) is 0 Å². The van der Waals surface area contributed by atoms with Crippen molar-refractivity contribution in [2.24, 2.45) is 0 Å². The molecule has 1 aromatic heterocycles. The third-order valence-electron chi connectivity index (χ3n) is 4.18. The van der Waals surface area contributed by atoms with E-state index in [4.69, 9.17) is 14.9 Å². The maximum absolute atomic E-state index is 12.7. The number of esters is 1. The molecule has 0 saturated heterocycles. The highest BCUT2D eigenvalue weighted by Crippen LogP contribution is 2.31. The largest absolute Gasteiger partial charge is 0.459 e. The first-order chi connectivity index (χ1) is 13.6. The molecule has 2 aromatic carbocycles. The molecule has 0 aliphatic rings. The van der Waals surface area contributed by atoms with E-state index in [1.165, 1.54) is 0 Å². The second-order valence-corrected chi connectivity index (χ2v) is 6.35. The number of rotatable bonds is 5. The second kappa shape index (κ2) is 7.86. The molecule has 0 bridgehead atoms. The maximum atomic E-state index is 12.7. The summed E-state index contributed by atoms with van der Waals surface area (Å²) in [6.45, 7) is 1.08. The third-order valence-corrected chi connectivity index (χ3v) is 4.18. The lowest BCUT2D eigenvalue weighted by Gasteiger charge is -2.13. The minimum absolute atomic E-state index is 0.254. The lowest BCUT2D eigenvalue weighted by molar-refractivity contribution is -0.137. The zero-order chi connectivity index (χ0) is 21.2. The fraction of sp³-hybridized carbons (Fsp3) is 0.200. The molecule has 0 spiro atoms. The molecule has 0 aliphatic carbocycles. The van der Waals surface area contributed by atoms with Crippen LogP contribution in [0.25, 0.3) is 11.0 Å². The van der Waals surface area contributed by atoms with Gasteiger partial charge in [-0.25, -0.2) is 4.79 Å². The second-order valence-electron chi connectivity index (χ2n) is 6.35. The van der Waals surface area contributed by atoms with Crippen LogP contribution in [-0.4, -0.2) is 18.5 Å². The Labute approximate surface area is 163 Å². The number of hydrogen-bond donors (Lipinski definition) is 2. The van der Waals surface area contributed by atoms with Crippen LogP contribution in [0, 0.1) is 0 Å². The number of carbonyl (C=O) groups is 2. The number of amides is 1. The summed E-state index contributed by atoms with van der Waals surface area (Å²) in [5.41, 5.74) is 4.55. The molecule has 1 amide bonds. The van der Waals surface area contributed by atoms with Crippen molar-refractivity contribution in [3.05, 3.63) is 65.4 Å². The summed E-state index contributed by atoms with van der Waals surface area (Å²) in [6, 6.07) is 10.9. The Morgan fingerprint density at radius 3 is 2.55 bits per heavy atom. The van der Waals surface area contributed by atoms with Crippen LogP contribution in [0.15, 0.2) is 52.9 Å². The van der Waals surface area contributed by atoms with E-state index in [2.05, 4.69) is 5.32 Å². The van der Waals surface area contributed by atoms with E-state index in [9.17, 15) is 22.8 Å². The van der Waals surface area contributed by atoms with Crippen molar-refractivity contribution in [1.29, 1.82) is 0 Å². The van der Waals surface area contributed by atoms with Crippen LogP contribution in [0.4, 0.5) is 18.9 Å². The van der Waals surface area contributed by atoms with E-state index in [0.717, 1.165) is 17.5 Å². The first-order valence-electron chi connectivity index (χ1n) is 8.57. The van der Waals surface area contributed by atoms with Gasteiger partial charge in [0.2, 0.25) is 0 Å². The number of ether oxygens (including phenoxy) is 1. The molecule has 0 aliphatic heterocycles. The van der Waals surface area contributed by atoms with Gasteiger partial charge in [0, 0.05) is 11.1 Å². The fourth-order valence-electron chi connectivity index (χ4n) is 2.70. The fourth-order valence-corrected chi connectivity index (χ4v) is 2.70. The topological polar surface area (TPSA) is 94.6 Å². The average molecular weight is 406 g/mol. The SMILES string of the molecule is C[C@@H](NC(=O)COC(=O)c1ccc(C(F)(F)F)cc1N)c1cc2ccccc2o1. The van der Waals surface area contributed by atoms with Gasteiger partial charge in [0.05, 0.1) is 17.2 Å². The van der Waals surface area contributed by atoms with Gasteiger partial charge in [0.25, 0.3) is 5.91 Å².